The average molecular weight is 320 g/mol. The van der Waals surface area contributed by atoms with Crippen molar-refractivity contribution in [1.82, 2.24) is 9.80 Å². The third kappa shape index (κ3) is 5.03. The fourth-order valence-electron chi connectivity index (χ4n) is 3.19. The van der Waals surface area contributed by atoms with Crippen molar-refractivity contribution in [3.63, 3.8) is 0 Å². The maximum absolute atomic E-state index is 11.8. The Hall–Kier alpha value is -1.43. The molecule has 0 spiro atoms. The molecule has 5 nitrogen and oxygen atoms in total. The molecule has 0 unspecified atom stereocenters. The van der Waals surface area contributed by atoms with Crippen LogP contribution in [0.15, 0.2) is 18.2 Å². The van der Waals surface area contributed by atoms with Crippen molar-refractivity contribution in [2.24, 2.45) is 0 Å². The number of benzene rings is 1. The zero-order chi connectivity index (χ0) is 16.8. The summed E-state index contributed by atoms with van der Waals surface area (Å²) in [4.78, 5) is 16.1. The van der Waals surface area contributed by atoms with Crippen LogP contribution >= 0.6 is 0 Å². The van der Waals surface area contributed by atoms with E-state index in [1.54, 1.807) is 0 Å². The first-order chi connectivity index (χ1) is 11.0. The molecule has 0 bridgehead atoms. The van der Waals surface area contributed by atoms with Crippen LogP contribution in [0.5, 0.6) is 0 Å². The summed E-state index contributed by atoms with van der Waals surface area (Å²) in [5.74, 6) is -0.786. The molecule has 1 aliphatic heterocycles. The van der Waals surface area contributed by atoms with E-state index >= 15 is 0 Å². The van der Waals surface area contributed by atoms with Crippen LogP contribution in [0.1, 0.15) is 29.2 Å². The lowest BCUT2D eigenvalue weighted by Gasteiger charge is -2.29. The minimum atomic E-state index is -0.786. The van der Waals surface area contributed by atoms with E-state index in [1.807, 2.05) is 44.0 Å². The molecule has 2 rings (SSSR count). The third-order valence-corrected chi connectivity index (χ3v) is 4.48. The summed E-state index contributed by atoms with van der Waals surface area (Å²) in [6, 6.07) is 5.40. The van der Waals surface area contributed by atoms with Gasteiger partial charge in [0.15, 0.2) is 0 Å². The number of carboxylic acids is 1. The SMILES string of the molecule is Cc1ccc([C@H](C(=O)O)N(C)CCCN2CCOCC2)c(C)c1. The first kappa shape index (κ1) is 17.9. The molecule has 1 aliphatic rings. The minimum Gasteiger partial charge on any atom is -0.480 e. The van der Waals surface area contributed by atoms with E-state index in [0.717, 1.165) is 62.5 Å². The van der Waals surface area contributed by atoms with Gasteiger partial charge in [-0.25, -0.2) is 0 Å². The van der Waals surface area contributed by atoms with Crippen LogP contribution in [0.3, 0.4) is 0 Å². The number of hydrogen-bond donors (Lipinski definition) is 1. The molecule has 0 amide bonds. The fourth-order valence-corrected chi connectivity index (χ4v) is 3.19. The van der Waals surface area contributed by atoms with E-state index in [4.69, 9.17) is 4.74 Å². The van der Waals surface area contributed by atoms with Gasteiger partial charge < -0.3 is 9.84 Å². The summed E-state index contributed by atoms with van der Waals surface area (Å²) < 4.78 is 5.35. The Morgan fingerprint density at radius 2 is 2.04 bits per heavy atom. The highest BCUT2D eigenvalue weighted by Gasteiger charge is 2.26. The molecule has 1 heterocycles. The Bertz CT molecular complexity index is 527. The van der Waals surface area contributed by atoms with Crippen molar-refractivity contribution in [3.8, 4) is 0 Å². The number of morpholine rings is 1. The first-order valence-electron chi connectivity index (χ1n) is 8.29. The summed E-state index contributed by atoms with van der Waals surface area (Å²) >= 11 is 0. The van der Waals surface area contributed by atoms with Crippen molar-refractivity contribution in [2.75, 3.05) is 46.4 Å². The second kappa shape index (κ2) is 8.43. The van der Waals surface area contributed by atoms with Gasteiger partial charge in [0, 0.05) is 19.6 Å². The van der Waals surface area contributed by atoms with Crippen LogP contribution in [-0.2, 0) is 9.53 Å². The van der Waals surface area contributed by atoms with Crippen molar-refractivity contribution >= 4 is 5.97 Å². The number of rotatable bonds is 7. The van der Waals surface area contributed by atoms with Crippen LogP contribution < -0.4 is 0 Å². The van der Waals surface area contributed by atoms with Gasteiger partial charge in [-0.3, -0.25) is 14.6 Å². The second-order valence-corrected chi connectivity index (χ2v) is 6.39. The van der Waals surface area contributed by atoms with Crippen LogP contribution in [0.2, 0.25) is 0 Å². The number of aliphatic carboxylic acids is 1. The normalized spacial score (nSPS) is 17.4. The lowest BCUT2D eigenvalue weighted by atomic mass is 9.98. The van der Waals surface area contributed by atoms with E-state index in [-0.39, 0.29) is 0 Å². The summed E-state index contributed by atoms with van der Waals surface area (Å²) in [5.41, 5.74) is 3.08. The number of likely N-dealkylation sites (N-methyl/N-ethyl adjacent to an activating group) is 1. The number of hydrogen-bond acceptors (Lipinski definition) is 4. The fraction of sp³-hybridized carbons (Fsp3) is 0.611. The van der Waals surface area contributed by atoms with Gasteiger partial charge in [0.25, 0.3) is 0 Å². The molecule has 1 aromatic carbocycles. The molecule has 0 radical (unpaired) electrons. The van der Waals surface area contributed by atoms with Gasteiger partial charge in [0.1, 0.15) is 6.04 Å². The molecular formula is C18H28N2O3. The minimum absolute atomic E-state index is 0.583. The molecule has 1 atom stereocenters. The van der Waals surface area contributed by atoms with E-state index in [2.05, 4.69) is 4.90 Å². The second-order valence-electron chi connectivity index (χ2n) is 6.39. The van der Waals surface area contributed by atoms with E-state index in [1.165, 1.54) is 0 Å². The highest BCUT2D eigenvalue weighted by atomic mass is 16.5. The Kier molecular flexibility index (Phi) is 6.57. The highest BCUT2D eigenvalue weighted by molar-refractivity contribution is 5.76. The number of aryl methyl sites for hydroxylation is 2. The smallest absolute Gasteiger partial charge is 0.325 e. The van der Waals surface area contributed by atoms with E-state index in [9.17, 15) is 9.90 Å². The Morgan fingerprint density at radius 1 is 1.35 bits per heavy atom. The predicted molar refractivity (Wildman–Crippen MR) is 90.8 cm³/mol. The summed E-state index contributed by atoms with van der Waals surface area (Å²) in [6.07, 6.45) is 0.963. The zero-order valence-electron chi connectivity index (χ0n) is 14.4. The molecule has 1 N–H and O–H groups in total. The standard InChI is InChI=1S/C18H28N2O3/c1-14-5-6-16(15(2)13-14)17(18(21)22)19(3)7-4-8-20-9-11-23-12-10-20/h5-6,13,17H,4,7-12H2,1-3H3,(H,21,22)/t17-/m1/s1. The van der Waals surface area contributed by atoms with Gasteiger partial charge in [-0.1, -0.05) is 23.8 Å². The quantitative estimate of drug-likeness (QED) is 0.834. The molecule has 1 aromatic rings. The van der Waals surface area contributed by atoms with Gasteiger partial charge in [0.05, 0.1) is 13.2 Å². The van der Waals surface area contributed by atoms with E-state index < -0.39 is 12.0 Å². The molecule has 0 aliphatic carbocycles. The van der Waals surface area contributed by atoms with Gasteiger partial charge in [-0.15, -0.1) is 0 Å². The van der Waals surface area contributed by atoms with Crippen LogP contribution in [0.25, 0.3) is 0 Å². The van der Waals surface area contributed by atoms with Gasteiger partial charge in [-0.2, -0.15) is 0 Å². The van der Waals surface area contributed by atoms with Gasteiger partial charge in [0.2, 0.25) is 0 Å². The van der Waals surface area contributed by atoms with Crippen LogP contribution in [0.4, 0.5) is 0 Å². The highest BCUT2D eigenvalue weighted by Crippen LogP contribution is 2.24. The first-order valence-corrected chi connectivity index (χ1v) is 8.29. The Balaban J connectivity index is 1.95. The van der Waals surface area contributed by atoms with Gasteiger partial charge in [-0.05, 0) is 45.0 Å². The maximum atomic E-state index is 11.8. The molecule has 1 fully saturated rings. The van der Waals surface area contributed by atoms with Crippen molar-refractivity contribution < 1.29 is 14.6 Å². The van der Waals surface area contributed by atoms with Crippen molar-refractivity contribution in [3.05, 3.63) is 34.9 Å². The Labute approximate surface area is 138 Å². The van der Waals surface area contributed by atoms with Gasteiger partial charge >= 0.3 is 5.97 Å². The molecule has 128 valence electrons. The largest absolute Gasteiger partial charge is 0.480 e. The van der Waals surface area contributed by atoms with E-state index in [0.29, 0.717) is 0 Å². The topological polar surface area (TPSA) is 53.0 Å². The third-order valence-electron chi connectivity index (χ3n) is 4.48. The molecule has 0 saturated carbocycles. The maximum Gasteiger partial charge on any atom is 0.325 e. The lowest BCUT2D eigenvalue weighted by molar-refractivity contribution is -0.143. The zero-order valence-corrected chi connectivity index (χ0v) is 14.4. The summed E-state index contributed by atoms with van der Waals surface area (Å²) in [6.45, 7) is 9.32. The monoisotopic (exact) mass is 320 g/mol. The van der Waals surface area contributed by atoms with Crippen LogP contribution in [0, 0.1) is 13.8 Å². The van der Waals surface area contributed by atoms with Crippen molar-refractivity contribution in [1.29, 1.82) is 0 Å². The summed E-state index contributed by atoms with van der Waals surface area (Å²) in [5, 5.41) is 9.67. The molecule has 23 heavy (non-hydrogen) atoms. The molecule has 1 saturated heterocycles. The number of carboxylic acid groups (broad SMARTS) is 1. The van der Waals surface area contributed by atoms with Crippen molar-refractivity contribution in [2.45, 2.75) is 26.3 Å². The molecular weight excluding hydrogens is 292 g/mol. The molecule has 0 aromatic heterocycles. The van der Waals surface area contributed by atoms with Crippen LogP contribution in [-0.4, -0.2) is 67.3 Å². The summed E-state index contributed by atoms with van der Waals surface area (Å²) in [7, 11) is 1.90. The number of nitrogens with zero attached hydrogens (tertiary/aromatic N) is 2. The lowest BCUT2D eigenvalue weighted by Crippen LogP contribution is -2.39. The molecule has 5 heteroatoms. The number of carbonyl (C=O) groups is 1. The Morgan fingerprint density at radius 3 is 2.65 bits per heavy atom. The average Bonchev–Trinajstić information content (AvgIpc) is 2.50. The predicted octanol–water partition coefficient (Wildman–Crippen LogP) is 2.08. The number of ether oxygens (including phenoxy) is 1.